The Bertz CT molecular complexity index is 999. The number of amides is 1. The van der Waals surface area contributed by atoms with Gasteiger partial charge in [0.1, 0.15) is 11.5 Å². The molecule has 2 aromatic carbocycles. The number of rotatable bonds is 4. The summed E-state index contributed by atoms with van der Waals surface area (Å²) in [4.78, 5) is 12.7. The Morgan fingerprint density at radius 1 is 1.14 bits per heavy atom. The Labute approximate surface area is 162 Å². The van der Waals surface area contributed by atoms with Crippen molar-refractivity contribution in [1.82, 2.24) is 15.1 Å². The molecule has 0 saturated carbocycles. The van der Waals surface area contributed by atoms with E-state index in [1.54, 1.807) is 19.1 Å². The number of nitrogens with one attached hydrogen (secondary N) is 1. The maximum atomic E-state index is 13.2. The van der Waals surface area contributed by atoms with Gasteiger partial charge in [-0.15, -0.1) is 0 Å². The van der Waals surface area contributed by atoms with Gasteiger partial charge < -0.3 is 5.32 Å². The summed E-state index contributed by atoms with van der Waals surface area (Å²) >= 11 is 6.07. The zero-order valence-electron chi connectivity index (χ0n) is 14.5. The molecule has 0 bridgehead atoms. The molecule has 0 spiro atoms. The minimum Gasteiger partial charge on any atom is -0.344 e. The van der Waals surface area contributed by atoms with Crippen molar-refractivity contribution < 1.29 is 22.4 Å². The van der Waals surface area contributed by atoms with Crippen LogP contribution in [-0.4, -0.2) is 15.7 Å². The van der Waals surface area contributed by atoms with E-state index < -0.39 is 29.6 Å². The van der Waals surface area contributed by atoms with E-state index in [0.29, 0.717) is 11.6 Å². The number of hydrogen-bond donors (Lipinski definition) is 1. The van der Waals surface area contributed by atoms with Gasteiger partial charge in [-0.3, -0.25) is 4.79 Å². The Morgan fingerprint density at radius 3 is 2.39 bits per heavy atom. The first kappa shape index (κ1) is 19.9. The number of carbonyl (C=O) groups is 1. The van der Waals surface area contributed by atoms with E-state index in [1.807, 2.05) is 0 Å². The Hall–Kier alpha value is -2.87. The summed E-state index contributed by atoms with van der Waals surface area (Å²) in [5, 5.41) is 6.25. The number of benzene rings is 2. The minimum atomic E-state index is -4.73. The zero-order chi connectivity index (χ0) is 20.5. The van der Waals surface area contributed by atoms with Gasteiger partial charge in [-0.05, 0) is 36.8 Å². The molecule has 1 N–H and O–H groups in total. The first-order chi connectivity index (χ1) is 13.2. The highest BCUT2D eigenvalue weighted by Gasteiger charge is 2.36. The van der Waals surface area contributed by atoms with Crippen LogP contribution in [0.3, 0.4) is 0 Å². The molecular formula is C19H14ClF4N3O. The summed E-state index contributed by atoms with van der Waals surface area (Å²) in [5.74, 6) is -1.21. The van der Waals surface area contributed by atoms with Crippen molar-refractivity contribution in [1.29, 1.82) is 0 Å². The van der Waals surface area contributed by atoms with Crippen LogP contribution in [0.5, 0.6) is 0 Å². The van der Waals surface area contributed by atoms with E-state index in [4.69, 9.17) is 11.6 Å². The minimum absolute atomic E-state index is 0.138. The summed E-state index contributed by atoms with van der Waals surface area (Å²) in [7, 11) is 0. The van der Waals surface area contributed by atoms with Crippen molar-refractivity contribution in [3.8, 4) is 5.69 Å². The third-order valence-corrected chi connectivity index (χ3v) is 4.35. The highest BCUT2D eigenvalue weighted by Crippen LogP contribution is 2.31. The average molecular weight is 412 g/mol. The lowest BCUT2D eigenvalue weighted by Gasteiger charge is -2.15. The second-order valence-electron chi connectivity index (χ2n) is 6.02. The molecule has 1 atom stereocenters. The highest BCUT2D eigenvalue weighted by molar-refractivity contribution is 6.32. The van der Waals surface area contributed by atoms with Crippen LogP contribution in [0.2, 0.25) is 5.02 Å². The first-order valence-electron chi connectivity index (χ1n) is 8.15. The standard InChI is InChI=1S/C19H14ClF4N3O/c1-11(12-6-8-13(21)9-7-12)25-18(28)16-10-17(19(22,23)24)26-27(16)15-5-3-2-4-14(15)20/h2-11H,1H3,(H,25,28). The number of halogens is 5. The Morgan fingerprint density at radius 2 is 1.79 bits per heavy atom. The summed E-state index contributed by atoms with van der Waals surface area (Å²) in [6.07, 6.45) is -4.73. The monoisotopic (exact) mass is 411 g/mol. The number of alkyl halides is 3. The van der Waals surface area contributed by atoms with E-state index in [0.717, 1.165) is 4.68 Å². The average Bonchev–Trinajstić information content (AvgIpc) is 3.08. The molecule has 3 aromatic rings. The SMILES string of the molecule is CC(NC(=O)c1cc(C(F)(F)F)nn1-c1ccccc1Cl)c1ccc(F)cc1. The third-order valence-electron chi connectivity index (χ3n) is 4.03. The smallest absolute Gasteiger partial charge is 0.344 e. The first-order valence-corrected chi connectivity index (χ1v) is 8.53. The van der Waals surface area contributed by atoms with E-state index in [2.05, 4.69) is 10.4 Å². The molecule has 1 heterocycles. The maximum Gasteiger partial charge on any atom is 0.435 e. The summed E-state index contributed by atoms with van der Waals surface area (Å²) in [6, 6.07) is 11.6. The van der Waals surface area contributed by atoms with Gasteiger partial charge in [0.25, 0.3) is 5.91 Å². The molecule has 0 saturated heterocycles. The number of aromatic nitrogens is 2. The van der Waals surface area contributed by atoms with Crippen LogP contribution >= 0.6 is 11.6 Å². The molecule has 0 fully saturated rings. The second-order valence-corrected chi connectivity index (χ2v) is 6.43. The molecule has 28 heavy (non-hydrogen) atoms. The van der Waals surface area contributed by atoms with Crippen LogP contribution in [0.4, 0.5) is 17.6 Å². The van der Waals surface area contributed by atoms with Crippen LogP contribution < -0.4 is 5.32 Å². The van der Waals surface area contributed by atoms with E-state index >= 15 is 0 Å². The van der Waals surface area contributed by atoms with E-state index in [1.165, 1.54) is 36.4 Å². The molecule has 146 valence electrons. The summed E-state index contributed by atoms with van der Waals surface area (Å²) < 4.78 is 53.4. The molecule has 9 heteroatoms. The molecule has 0 aliphatic carbocycles. The van der Waals surface area contributed by atoms with Crippen molar-refractivity contribution in [2.45, 2.75) is 19.1 Å². The lowest BCUT2D eigenvalue weighted by atomic mass is 10.1. The van der Waals surface area contributed by atoms with Crippen molar-refractivity contribution in [3.05, 3.63) is 82.4 Å². The largest absolute Gasteiger partial charge is 0.435 e. The van der Waals surface area contributed by atoms with Crippen molar-refractivity contribution in [3.63, 3.8) is 0 Å². The number of hydrogen-bond acceptors (Lipinski definition) is 2. The van der Waals surface area contributed by atoms with Gasteiger partial charge in [0.05, 0.1) is 16.8 Å². The van der Waals surface area contributed by atoms with Crippen LogP contribution in [0.1, 0.15) is 34.7 Å². The van der Waals surface area contributed by atoms with Crippen molar-refractivity contribution in [2.75, 3.05) is 0 Å². The van der Waals surface area contributed by atoms with Gasteiger partial charge in [-0.25, -0.2) is 9.07 Å². The number of nitrogens with zero attached hydrogens (tertiary/aromatic N) is 2. The fourth-order valence-corrected chi connectivity index (χ4v) is 2.81. The van der Waals surface area contributed by atoms with Crippen LogP contribution in [-0.2, 0) is 6.18 Å². The fraction of sp³-hybridized carbons (Fsp3) is 0.158. The van der Waals surface area contributed by atoms with Gasteiger partial charge in [0.15, 0.2) is 5.69 Å². The van der Waals surface area contributed by atoms with Gasteiger partial charge >= 0.3 is 6.18 Å². The number of carbonyl (C=O) groups excluding carboxylic acids is 1. The molecule has 3 rings (SSSR count). The zero-order valence-corrected chi connectivity index (χ0v) is 15.2. The molecule has 0 radical (unpaired) electrons. The molecule has 0 aliphatic rings. The van der Waals surface area contributed by atoms with Crippen LogP contribution in [0, 0.1) is 5.82 Å². The van der Waals surface area contributed by atoms with Gasteiger partial charge in [0, 0.05) is 6.07 Å². The molecule has 1 unspecified atom stereocenters. The van der Waals surface area contributed by atoms with Crippen molar-refractivity contribution in [2.24, 2.45) is 0 Å². The van der Waals surface area contributed by atoms with Gasteiger partial charge in [0.2, 0.25) is 0 Å². The summed E-state index contributed by atoms with van der Waals surface area (Å²) in [6.45, 7) is 1.63. The van der Waals surface area contributed by atoms with Crippen molar-refractivity contribution >= 4 is 17.5 Å². The number of para-hydroxylation sites is 1. The van der Waals surface area contributed by atoms with Crippen LogP contribution in [0.15, 0.2) is 54.6 Å². The predicted octanol–water partition coefficient (Wildman–Crippen LogP) is 5.17. The topological polar surface area (TPSA) is 46.9 Å². The van der Waals surface area contributed by atoms with Crippen LogP contribution in [0.25, 0.3) is 5.69 Å². The van der Waals surface area contributed by atoms with Gasteiger partial charge in [-0.1, -0.05) is 35.9 Å². The lowest BCUT2D eigenvalue weighted by Crippen LogP contribution is -2.28. The summed E-state index contributed by atoms with van der Waals surface area (Å²) in [5.41, 5.74) is -0.810. The predicted molar refractivity (Wildman–Crippen MR) is 95.9 cm³/mol. The Kier molecular flexibility index (Phi) is 5.42. The fourth-order valence-electron chi connectivity index (χ4n) is 2.59. The van der Waals surface area contributed by atoms with E-state index in [9.17, 15) is 22.4 Å². The highest BCUT2D eigenvalue weighted by atomic mass is 35.5. The quantitative estimate of drug-likeness (QED) is 0.602. The van der Waals surface area contributed by atoms with E-state index in [-0.39, 0.29) is 16.4 Å². The molecule has 1 aromatic heterocycles. The normalized spacial score (nSPS) is 12.6. The molecular weight excluding hydrogens is 398 g/mol. The van der Waals surface area contributed by atoms with Gasteiger partial charge in [-0.2, -0.15) is 18.3 Å². The third kappa shape index (κ3) is 4.17. The Balaban J connectivity index is 1.97. The molecule has 0 aliphatic heterocycles. The second kappa shape index (κ2) is 7.63. The molecule has 1 amide bonds. The maximum absolute atomic E-state index is 13.2. The lowest BCUT2D eigenvalue weighted by molar-refractivity contribution is -0.141. The molecule has 4 nitrogen and oxygen atoms in total.